The lowest BCUT2D eigenvalue weighted by Gasteiger charge is -2.08. The second kappa shape index (κ2) is 5.12. The van der Waals surface area contributed by atoms with Gasteiger partial charge in [-0.05, 0) is 20.8 Å². The van der Waals surface area contributed by atoms with Gasteiger partial charge < -0.3 is 10.5 Å². The zero-order valence-electron chi connectivity index (χ0n) is 9.16. The fourth-order valence-corrected chi connectivity index (χ4v) is 1.29. The molecule has 4 nitrogen and oxygen atoms in total. The van der Waals surface area contributed by atoms with E-state index in [0.717, 1.165) is 17.8 Å². The predicted molar refractivity (Wildman–Crippen MR) is 55.9 cm³/mol. The molecular formula is C10H19N3O. The Kier molecular flexibility index (Phi) is 4.10. The summed E-state index contributed by atoms with van der Waals surface area (Å²) in [6, 6.07) is 0. The van der Waals surface area contributed by atoms with Crippen molar-refractivity contribution in [1.82, 2.24) is 9.78 Å². The van der Waals surface area contributed by atoms with Crippen LogP contribution in [-0.2, 0) is 17.8 Å². The Bertz CT molecular complexity index is 281. The van der Waals surface area contributed by atoms with Crippen molar-refractivity contribution in [2.45, 2.75) is 40.0 Å². The van der Waals surface area contributed by atoms with Crippen LogP contribution in [0, 0.1) is 6.92 Å². The summed E-state index contributed by atoms with van der Waals surface area (Å²) in [5.41, 5.74) is 7.80. The summed E-state index contributed by atoms with van der Waals surface area (Å²) in [5, 5.41) is 4.24. The highest BCUT2D eigenvalue weighted by Gasteiger charge is 2.04. The van der Waals surface area contributed by atoms with Gasteiger partial charge in [-0.3, -0.25) is 4.68 Å². The molecule has 1 rings (SSSR count). The van der Waals surface area contributed by atoms with E-state index in [2.05, 4.69) is 5.10 Å². The van der Waals surface area contributed by atoms with E-state index in [1.165, 1.54) is 0 Å². The van der Waals surface area contributed by atoms with Crippen LogP contribution in [0.25, 0.3) is 0 Å². The van der Waals surface area contributed by atoms with Gasteiger partial charge in [0.05, 0.1) is 25.5 Å². The molecule has 14 heavy (non-hydrogen) atoms. The zero-order chi connectivity index (χ0) is 10.6. The average molecular weight is 197 g/mol. The van der Waals surface area contributed by atoms with Gasteiger partial charge in [0, 0.05) is 17.8 Å². The third-order valence-corrected chi connectivity index (χ3v) is 2.18. The number of nitrogens with two attached hydrogens (primary N) is 1. The molecule has 2 N–H and O–H groups in total. The quantitative estimate of drug-likeness (QED) is 0.768. The van der Waals surface area contributed by atoms with Gasteiger partial charge >= 0.3 is 0 Å². The molecule has 0 fully saturated rings. The van der Waals surface area contributed by atoms with Crippen LogP contribution in [0.1, 0.15) is 25.1 Å². The molecule has 0 spiro atoms. The molecule has 80 valence electrons. The predicted octanol–water partition coefficient (Wildman–Crippen LogP) is 1.08. The van der Waals surface area contributed by atoms with E-state index in [0.29, 0.717) is 13.2 Å². The third-order valence-electron chi connectivity index (χ3n) is 2.18. The molecule has 0 aliphatic carbocycles. The van der Waals surface area contributed by atoms with Crippen molar-refractivity contribution in [1.29, 1.82) is 0 Å². The van der Waals surface area contributed by atoms with E-state index in [1.807, 2.05) is 31.6 Å². The molecule has 0 amide bonds. The Balaban J connectivity index is 2.46. The van der Waals surface area contributed by atoms with Gasteiger partial charge in [0.1, 0.15) is 0 Å². The topological polar surface area (TPSA) is 53.1 Å². The van der Waals surface area contributed by atoms with Gasteiger partial charge in [-0.2, -0.15) is 5.10 Å². The van der Waals surface area contributed by atoms with Crippen LogP contribution in [0.4, 0.5) is 0 Å². The molecule has 0 unspecified atom stereocenters. The Morgan fingerprint density at radius 3 is 2.79 bits per heavy atom. The van der Waals surface area contributed by atoms with Crippen LogP contribution in [-0.4, -0.2) is 22.5 Å². The molecule has 0 aliphatic heterocycles. The van der Waals surface area contributed by atoms with Gasteiger partial charge in [0.25, 0.3) is 0 Å². The van der Waals surface area contributed by atoms with E-state index >= 15 is 0 Å². The number of rotatable bonds is 5. The van der Waals surface area contributed by atoms with Crippen LogP contribution in [0.5, 0.6) is 0 Å². The fraction of sp³-hybridized carbons (Fsp3) is 0.700. The molecule has 1 heterocycles. The van der Waals surface area contributed by atoms with Crippen molar-refractivity contribution in [3.05, 3.63) is 17.5 Å². The molecule has 1 aromatic heterocycles. The largest absolute Gasteiger partial charge is 0.377 e. The molecule has 0 atom stereocenters. The van der Waals surface area contributed by atoms with Crippen LogP contribution in [0.3, 0.4) is 0 Å². The maximum absolute atomic E-state index is 5.56. The van der Waals surface area contributed by atoms with E-state index in [1.54, 1.807) is 0 Å². The zero-order valence-corrected chi connectivity index (χ0v) is 9.16. The Hall–Kier alpha value is -0.870. The summed E-state index contributed by atoms with van der Waals surface area (Å²) in [5.74, 6) is 0. The Labute approximate surface area is 85.0 Å². The van der Waals surface area contributed by atoms with E-state index in [4.69, 9.17) is 10.5 Å². The highest BCUT2D eigenvalue weighted by Crippen LogP contribution is 2.05. The lowest BCUT2D eigenvalue weighted by atomic mass is 10.3. The first-order valence-corrected chi connectivity index (χ1v) is 4.98. The summed E-state index contributed by atoms with van der Waals surface area (Å²) in [4.78, 5) is 0. The summed E-state index contributed by atoms with van der Waals surface area (Å²) in [6.07, 6.45) is 2.10. The highest BCUT2D eigenvalue weighted by atomic mass is 16.5. The standard InChI is InChI=1S/C10H19N3O/c1-8(2)14-5-4-13-9(3)10(6-11)7-12-13/h7-8H,4-6,11H2,1-3H3. The first-order valence-electron chi connectivity index (χ1n) is 4.98. The highest BCUT2D eigenvalue weighted by molar-refractivity contribution is 5.15. The number of hydrogen-bond donors (Lipinski definition) is 1. The second-order valence-corrected chi connectivity index (χ2v) is 3.60. The molecule has 0 saturated carbocycles. The summed E-state index contributed by atoms with van der Waals surface area (Å²) >= 11 is 0. The normalized spacial score (nSPS) is 11.2. The van der Waals surface area contributed by atoms with Gasteiger partial charge in [-0.15, -0.1) is 0 Å². The van der Waals surface area contributed by atoms with Crippen molar-refractivity contribution in [3.8, 4) is 0 Å². The average Bonchev–Trinajstić information content (AvgIpc) is 2.47. The number of hydrogen-bond acceptors (Lipinski definition) is 3. The first-order chi connectivity index (χ1) is 6.65. The van der Waals surface area contributed by atoms with Gasteiger partial charge in [0.2, 0.25) is 0 Å². The van der Waals surface area contributed by atoms with Crippen molar-refractivity contribution >= 4 is 0 Å². The molecular weight excluding hydrogens is 178 g/mol. The number of ether oxygens (including phenoxy) is 1. The van der Waals surface area contributed by atoms with Crippen molar-refractivity contribution in [2.75, 3.05) is 6.61 Å². The van der Waals surface area contributed by atoms with Crippen LogP contribution in [0.2, 0.25) is 0 Å². The lowest BCUT2D eigenvalue weighted by Crippen LogP contribution is -2.12. The minimum absolute atomic E-state index is 0.278. The fourth-order valence-electron chi connectivity index (χ4n) is 1.29. The number of nitrogens with zero attached hydrogens (tertiary/aromatic N) is 2. The minimum Gasteiger partial charge on any atom is -0.377 e. The molecule has 0 saturated heterocycles. The second-order valence-electron chi connectivity index (χ2n) is 3.60. The van der Waals surface area contributed by atoms with Gasteiger partial charge in [-0.25, -0.2) is 0 Å². The Morgan fingerprint density at radius 1 is 1.57 bits per heavy atom. The third kappa shape index (κ3) is 2.82. The summed E-state index contributed by atoms with van der Waals surface area (Å²) in [6.45, 7) is 8.14. The van der Waals surface area contributed by atoms with Crippen LogP contribution < -0.4 is 5.73 Å². The number of aromatic nitrogens is 2. The monoisotopic (exact) mass is 197 g/mol. The van der Waals surface area contributed by atoms with Gasteiger partial charge in [0.15, 0.2) is 0 Å². The van der Waals surface area contributed by atoms with E-state index < -0.39 is 0 Å². The first kappa shape index (κ1) is 11.2. The molecule has 4 heteroatoms. The summed E-state index contributed by atoms with van der Waals surface area (Å²) in [7, 11) is 0. The van der Waals surface area contributed by atoms with Crippen molar-refractivity contribution in [3.63, 3.8) is 0 Å². The SMILES string of the molecule is Cc1c(CN)cnn1CCOC(C)C. The smallest absolute Gasteiger partial charge is 0.0666 e. The van der Waals surface area contributed by atoms with E-state index in [-0.39, 0.29) is 6.10 Å². The maximum Gasteiger partial charge on any atom is 0.0666 e. The van der Waals surface area contributed by atoms with Crippen molar-refractivity contribution < 1.29 is 4.74 Å². The summed E-state index contributed by atoms with van der Waals surface area (Å²) < 4.78 is 7.39. The Morgan fingerprint density at radius 2 is 2.29 bits per heavy atom. The molecule has 0 radical (unpaired) electrons. The van der Waals surface area contributed by atoms with E-state index in [9.17, 15) is 0 Å². The molecule has 1 aromatic rings. The maximum atomic E-state index is 5.56. The molecule has 0 aromatic carbocycles. The lowest BCUT2D eigenvalue weighted by molar-refractivity contribution is 0.0706. The van der Waals surface area contributed by atoms with Gasteiger partial charge in [-0.1, -0.05) is 0 Å². The molecule has 0 aliphatic rings. The van der Waals surface area contributed by atoms with Crippen LogP contribution >= 0.6 is 0 Å². The molecule has 0 bridgehead atoms. The van der Waals surface area contributed by atoms with Crippen LogP contribution in [0.15, 0.2) is 6.20 Å². The van der Waals surface area contributed by atoms with Crippen molar-refractivity contribution in [2.24, 2.45) is 5.73 Å². The minimum atomic E-state index is 0.278.